The number of hydrogen-bond donors (Lipinski definition) is 2. The molecule has 1 aromatic carbocycles. The van der Waals surface area contributed by atoms with Crippen molar-refractivity contribution in [1.82, 2.24) is 5.32 Å². The topological polar surface area (TPSA) is 81.4 Å². The zero-order valence-electron chi connectivity index (χ0n) is 12.6. The number of carbonyl (C=O) groups excluding carboxylic acids is 2. The molecule has 2 rings (SSSR count). The fourth-order valence-electron chi connectivity index (χ4n) is 2.92. The molecular weight excluding hydrogens is 348 g/mol. The molecule has 120 valence electrons. The molecule has 0 spiro atoms. The maximum absolute atomic E-state index is 12.4. The Morgan fingerprint density at radius 2 is 2.00 bits per heavy atom. The molecule has 1 atom stereocenters. The molecule has 0 saturated heterocycles. The highest BCUT2D eigenvalue weighted by Crippen LogP contribution is 2.27. The maximum atomic E-state index is 12.4. The van der Waals surface area contributed by atoms with Crippen LogP contribution in [0.3, 0.4) is 0 Å². The molecule has 22 heavy (non-hydrogen) atoms. The van der Waals surface area contributed by atoms with Gasteiger partial charge in [0.1, 0.15) is 6.04 Å². The molecule has 1 saturated carbocycles. The lowest BCUT2D eigenvalue weighted by atomic mass is 9.83. The number of nitrogens with one attached hydrogen (secondary N) is 1. The van der Waals surface area contributed by atoms with Crippen molar-refractivity contribution in [1.29, 1.82) is 0 Å². The number of hydrogen-bond acceptors (Lipinski definition) is 4. The minimum Gasteiger partial charge on any atom is -0.467 e. The van der Waals surface area contributed by atoms with Gasteiger partial charge in [0.15, 0.2) is 0 Å². The highest BCUT2D eigenvalue weighted by Gasteiger charge is 2.32. The van der Waals surface area contributed by atoms with Crippen LogP contribution in [-0.4, -0.2) is 25.0 Å². The van der Waals surface area contributed by atoms with Gasteiger partial charge >= 0.3 is 5.97 Å². The van der Waals surface area contributed by atoms with E-state index in [1.165, 1.54) is 13.5 Å². The summed E-state index contributed by atoms with van der Waals surface area (Å²) in [4.78, 5) is 24.5. The summed E-state index contributed by atoms with van der Waals surface area (Å²) in [5.74, 6) is -0.608. The Morgan fingerprint density at radius 1 is 1.32 bits per heavy atom. The van der Waals surface area contributed by atoms with Crippen molar-refractivity contribution < 1.29 is 14.3 Å². The van der Waals surface area contributed by atoms with Crippen LogP contribution in [0.25, 0.3) is 0 Å². The average molecular weight is 369 g/mol. The van der Waals surface area contributed by atoms with Crippen LogP contribution in [0.1, 0.15) is 42.5 Å². The number of methoxy groups -OCH3 is 1. The molecular formula is C16H21BrN2O3. The summed E-state index contributed by atoms with van der Waals surface area (Å²) in [6, 6.07) is 4.45. The van der Waals surface area contributed by atoms with Crippen molar-refractivity contribution >= 4 is 33.5 Å². The second-order valence-corrected chi connectivity index (χ2v) is 6.52. The van der Waals surface area contributed by atoms with Crippen LogP contribution in [0.5, 0.6) is 0 Å². The summed E-state index contributed by atoms with van der Waals surface area (Å²) >= 11 is 3.31. The predicted octanol–water partition coefficient (Wildman–Crippen LogP) is 2.88. The highest BCUT2D eigenvalue weighted by atomic mass is 79.9. The van der Waals surface area contributed by atoms with Crippen LogP contribution < -0.4 is 11.1 Å². The average Bonchev–Trinajstić information content (AvgIpc) is 2.52. The van der Waals surface area contributed by atoms with Crippen molar-refractivity contribution in [3.8, 4) is 0 Å². The molecule has 0 aliphatic heterocycles. The van der Waals surface area contributed by atoms with E-state index in [1.54, 1.807) is 18.2 Å². The molecule has 1 aliphatic rings. The van der Waals surface area contributed by atoms with Crippen LogP contribution in [0.4, 0.5) is 5.69 Å². The highest BCUT2D eigenvalue weighted by molar-refractivity contribution is 9.10. The van der Waals surface area contributed by atoms with Crippen molar-refractivity contribution in [2.75, 3.05) is 12.8 Å². The van der Waals surface area contributed by atoms with Gasteiger partial charge < -0.3 is 15.8 Å². The van der Waals surface area contributed by atoms with Crippen LogP contribution in [0.15, 0.2) is 22.7 Å². The maximum Gasteiger partial charge on any atom is 0.328 e. The van der Waals surface area contributed by atoms with Crippen LogP contribution in [0.2, 0.25) is 0 Å². The van der Waals surface area contributed by atoms with Gasteiger partial charge in [-0.3, -0.25) is 4.79 Å². The van der Waals surface area contributed by atoms with E-state index in [-0.39, 0.29) is 11.8 Å². The second-order valence-electron chi connectivity index (χ2n) is 5.60. The largest absolute Gasteiger partial charge is 0.467 e. The molecule has 6 heteroatoms. The van der Waals surface area contributed by atoms with E-state index in [2.05, 4.69) is 21.2 Å². The number of benzene rings is 1. The fraction of sp³-hybridized carbons (Fsp3) is 0.500. The van der Waals surface area contributed by atoms with Gasteiger partial charge in [0.2, 0.25) is 0 Å². The molecule has 0 unspecified atom stereocenters. The normalized spacial score (nSPS) is 16.8. The number of esters is 1. The number of halogens is 1. The van der Waals surface area contributed by atoms with Crippen molar-refractivity contribution in [2.45, 2.75) is 38.1 Å². The first-order valence-electron chi connectivity index (χ1n) is 7.46. The number of amides is 1. The van der Waals surface area contributed by atoms with E-state index in [0.717, 1.165) is 30.2 Å². The summed E-state index contributed by atoms with van der Waals surface area (Å²) in [5, 5.41) is 2.81. The molecule has 3 N–H and O–H groups in total. The van der Waals surface area contributed by atoms with Gasteiger partial charge in [-0.05, 0) is 37.0 Å². The minimum atomic E-state index is -0.610. The van der Waals surface area contributed by atoms with E-state index in [0.29, 0.717) is 11.3 Å². The minimum absolute atomic E-state index is 0.127. The number of nitrogen functional groups attached to an aromatic ring is 1. The van der Waals surface area contributed by atoms with Crippen LogP contribution in [0, 0.1) is 5.92 Å². The zero-order chi connectivity index (χ0) is 16.1. The number of carbonyl (C=O) groups is 2. The van der Waals surface area contributed by atoms with Gasteiger partial charge in [-0.25, -0.2) is 4.79 Å². The monoisotopic (exact) mass is 368 g/mol. The van der Waals surface area contributed by atoms with Gasteiger partial charge in [0.05, 0.1) is 12.7 Å². The third-order valence-electron chi connectivity index (χ3n) is 4.12. The number of nitrogens with two attached hydrogens (primary N) is 1. The zero-order valence-corrected chi connectivity index (χ0v) is 14.2. The lowest BCUT2D eigenvalue weighted by Gasteiger charge is -2.29. The Kier molecular flexibility index (Phi) is 5.83. The lowest BCUT2D eigenvalue weighted by molar-refractivity contribution is -0.144. The summed E-state index contributed by atoms with van der Waals surface area (Å²) < 4.78 is 5.66. The number of rotatable bonds is 4. The third-order valence-corrected chi connectivity index (χ3v) is 4.61. The smallest absolute Gasteiger partial charge is 0.328 e. The molecule has 0 bridgehead atoms. The van der Waals surface area contributed by atoms with E-state index in [4.69, 9.17) is 10.5 Å². The number of ether oxygens (including phenoxy) is 1. The Hall–Kier alpha value is -1.56. The summed E-state index contributed by atoms with van der Waals surface area (Å²) in [6.45, 7) is 0. The Bertz CT molecular complexity index is 556. The third kappa shape index (κ3) is 4.00. The molecule has 1 amide bonds. The Balaban J connectivity index is 2.15. The van der Waals surface area contributed by atoms with E-state index in [1.807, 2.05) is 0 Å². The van der Waals surface area contributed by atoms with Gasteiger partial charge in [-0.2, -0.15) is 0 Å². The standard InChI is InChI=1S/C16H21BrN2O3/c1-22-16(21)14(10-5-3-2-4-6-10)19-15(20)12-8-7-11(17)9-13(12)18/h7-10,14H,2-6,18H2,1H3,(H,19,20)/t14-/m0/s1. The molecule has 1 aromatic rings. The van der Waals surface area contributed by atoms with E-state index >= 15 is 0 Å². The lowest BCUT2D eigenvalue weighted by Crippen LogP contribution is -2.47. The first-order chi connectivity index (χ1) is 10.5. The van der Waals surface area contributed by atoms with E-state index in [9.17, 15) is 9.59 Å². The Morgan fingerprint density at radius 3 is 2.59 bits per heavy atom. The second kappa shape index (κ2) is 7.63. The van der Waals surface area contributed by atoms with Gasteiger partial charge in [0.25, 0.3) is 5.91 Å². The predicted molar refractivity (Wildman–Crippen MR) is 88.4 cm³/mol. The Labute approximate surface area is 138 Å². The van der Waals surface area contributed by atoms with Gasteiger partial charge in [0, 0.05) is 10.2 Å². The van der Waals surface area contributed by atoms with Crippen molar-refractivity contribution in [2.24, 2.45) is 5.92 Å². The summed E-state index contributed by atoms with van der Waals surface area (Å²) in [5.41, 5.74) is 6.62. The molecule has 5 nitrogen and oxygen atoms in total. The SMILES string of the molecule is COC(=O)[C@@H](NC(=O)c1ccc(Br)cc1N)C1CCCCC1. The molecule has 1 aliphatic carbocycles. The van der Waals surface area contributed by atoms with Gasteiger partial charge in [-0.1, -0.05) is 35.2 Å². The van der Waals surface area contributed by atoms with Gasteiger partial charge in [-0.15, -0.1) is 0 Å². The fourth-order valence-corrected chi connectivity index (χ4v) is 3.30. The molecule has 1 fully saturated rings. The molecule has 0 radical (unpaired) electrons. The van der Waals surface area contributed by atoms with Crippen molar-refractivity contribution in [3.63, 3.8) is 0 Å². The first-order valence-corrected chi connectivity index (χ1v) is 8.26. The van der Waals surface area contributed by atoms with Crippen molar-refractivity contribution in [3.05, 3.63) is 28.2 Å². The summed E-state index contributed by atoms with van der Waals surface area (Å²) in [7, 11) is 1.35. The number of anilines is 1. The van der Waals surface area contributed by atoms with E-state index < -0.39 is 12.0 Å². The van der Waals surface area contributed by atoms with Crippen LogP contribution >= 0.6 is 15.9 Å². The molecule has 0 aromatic heterocycles. The first kappa shape index (κ1) is 16.8. The quantitative estimate of drug-likeness (QED) is 0.632. The summed E-state index contributed by atoms with van der Waals surface area (Å²) in [6.07, 6.45) is 5.19. The molecule has 0 heterocycles. The van der Waals surface area contributed by atoms with Crippen LogP contribution in [-0.2, 0) is 9.53 Å².